The zero-order valence-corrected chi connectivity index (χ0v) is 17.9. The Balaban J connectivity index is 1.56. The van der Waals surface area contributed by atoms with Gasteiger partial charge in [-0.25, -0.2) is 8.42 Å². The summed E-state index contributed by atoms with van der Waals surface area (Å²) in [6.07, 6.45) is 1.71. The van der Waals surface area contributed by atoms with E-state index >= 15 is 0 Å². The van der Waals surface area contributed by atoms with Gasteiger partial charge in [0.1, 0.15) is 0 Å². The van der Waals surface area contributed by atoms with Crippen molar-refractivity contribution in [3.05, 3.63) is 95.7 Å². The van der Waals surface area contributed by atoms with Crippen LogP contribution in [0.25, 0.3) is 10.9 Å². The SMILES string of the molecule is Cc1ccc(C)c(S(=O)(=O)Nc2cccc(C(=O)Nc3ccc4ncccc4c3)c2)c1. The van der Waals surface area contributed by atoms with Crippen LogP contribution in [0.15, 0.2) is 83.9 Å². The molecule has 1 amide bonds. The lowest BCUT2D eigenvalue weighted by molar-refractivity contribution is 0.102. The van der Waals surface area contributed by atoms with E-state index in [9.17, 15) is 13.2 Å². The van der Waals surface area contributed by atoms with Crippen LogP contribution in [0.1, 0.15) is 21.5 Å². The van der Waals surface area contributed by atoms with Crippen LogP contribution in [0.3, 0.4) is 0 Å². The molecule has 31 heavy (non-hydrogen) atoms. The van der Waals surface area contributed by atoms with Crippen LogP contribution in [0.5, 0.6) is 0 Å². The molecule has 0 spiro atoms. The first kappa shape index (κ1) is 20.6. The Bertz CT molecular complexity index is 1400. The monoisotopic (exact) mass is 431 g/mol. The van der Waals surface area contributed by atoms with E-state index in [1.807, 2.05) is 37.3 Å². The van der Waals surface area contributed by atoms with Gasteiger partial charge in [-0.2, -0.15) is 0 Å². The number of rotatable bonds is 5. The first-order valence-electron chi connectivity index (χ1n) is 9.68. The maximum atomic E-state index is 12.9. The van der Waals surface area contributed by atoms with Crippen LogP contribution in [-0.2, 0) is 10.0 Å². The molecule has 0 bridgehead atoms. The molecule has 0 radical (unpaired) electrons. The number of anilines is 2. The topological polar surface area (TPSA) is 88.2 Å². The maximum absolute atomic E-state index is 12.9. The summed E-state index contributed by atoms with van der Waals surface area (Å²) in [6, 6.07) is 20.9. The zero-order chi connectivity index (χ0) is 22.0. The number of fused-ring (bicyclic) bond motifs is 1. The molecule has 0 fully saturated rings. The molecule has 0 unspecified atom stereocenters. The molecule has 156 valence electrons. The Labute approximate surface area is 181 Å². The van der Waals surface area contributed by atoms with E-state index in [-0.39, 0.29) is 10.8 Å². The Hall–Kier alpha value is -3.71. The second kappa shape index (κ2) is 8.20. The van der Waals surface area contributed by atoms with Crippen LogP contribution in [0.2, 0.25) is 0 Å². The van der Waals surface area contributed by atoms with Gasteiger partial charge in [-0.1, -0.05) is 24.3 Å². The summed E-state index contributed by atoms with van der Waals surface area (Å²) >= 11 is 0. The summed E-state index contributed by atoms with van der Waals surface area (Å²) in [5.74, 6) is -0.337. The number of pyridine rings is 1. The minimum Gasteiger partial charge on any atom is -0.322 e. The van der Waals surface area contributed by atoms with Gasteiger partial charge in [0, 0.05) is 28.5 Å². The minimum absolute atomic E-state index is 0.215. The summed E-state index contributed by atoms with van der Waals surface area (Å²) in [5, 5.41) is 3.76. The molecular formula is C24H21N3O3S. The standard InChI is InChI=1S/C24H21N3O3S/c1-16-8-9-17(2)23(13-16)31(29,30)27-21-7-3-5-19(15-21)24(28)26-20-10-11-22-18(14-20)6-4-12-25-22/h3-15,27H,1-2H3,(H,26,28). The molecule has 7 heteroatoms. The van der Waals surface area contributed by atoms with Crippen LogP contribution in [0.4, 0.5) is 11.4 Å². The molecule has 1 aromatic heterocycles. The lowest BCUT2D eigenvalue weighted by Gasteiger charge is -2.12. The first-order chi connectivity index (χ1) is 14.8. The van der Waals surface area contributed by atoms with Crippen LogP contribution in [0, 0.1) is 13.8 Å². The van der Waals surface area contributed by atoms with E-state index in [1.54, 1.807) is 49.5 Å². The number of nitrogens with one attached hydrogen (secondary N) is 2. The average molecular weight is 432 g/mol. The lowest BCUT2D eigenvalue weighted by atomic mass is 10.1. The predicted molar refractivity (Wildman–Crippen MR) is 123 cm³/mol. The molecule has 4 rings (SSSR count). The summed E-state index contributed by atoms with van der Waals surface area (Å²) in [7, 11) is -3.78. The number of carbonyl (C=O) groups is 1. The molecule has 2 N–H and O–H groups in total. The first-order valence-corrected chi connectivity index (χ1v) is 11.2. The van der Waals surface area contributed by atoms with Crippen molar-refractivity contribution in [1.29, 1.82) is 0 Å². The molecular weight excluding hydrogens is 410 g/mol. The van der Waals surface area contributed by atoms with E-state index in [4.69, 9.17) is 0 Å². The second-order valence-corrected chi connectivity index (χ2v) is 8.97. The third kappa shape index (κ3) is 4.57. The predicted octanol–water partition coefficient (Wildman–Crippen LogP) is 4.90. The largest absolute Gasteiger partial charge is 0.322 e. The minimum atomic E-state index is -3.78. The fraction of sp³-hybridized carbons (Fsp3) is 0.0833. The normalized spacial score (nSPS) is 11.3. The van der Waals surface area contributed by atoms with Crippen molar-refractivity contribution in [1.82, 2.24) is 4.98 Å². The average Bonchev–Trinajstić information content (AvgIpc) is 2.75. The molecule has 0 aliphatic heterocycles. The Morgan fingerprint density at radius 1 is 0.871 bits per heavy atom. The summed E-state index contributed by atoms with van der Waals surface area (Å²) in [6.45, 7) is 3.59. The Kier molecular flexibility index (Phi) is 5.44. The molecule has 0 aliphatic carbocycles. The Morgan fingerprint density at radius 2 is 1.71 bits per heavy atom. The van der Waals surface area contributed by atoms with E-state index in [0.29, 0.717) is 22.5 Å². The quantitative estimate of drug-likeness (QED) is 0.470. The molecule has 6 nitrogen and oxygen atoms in total. The summed E-state index contributed by atoms with van der Waals surface area (Å²) in [4.78, 5) is 17.2. The molecule has 0 saturated heterocycles. The van der Waals surface area contributed by atoms with Gasteiger partial charge in [0.05, 0.1) is 10.4 Å². The number of aryl methyl sites for hydroxylation is 2. The Morgan fingerprint density at radius 3 is 2.55 bits per heavy atom. The van der Waals surface area contributed by atoms with Crippen molar-refractivity contribution in [3.63, 3.8) is 0 Å². The number of aromatic nitrogens is 1. The maximum Gasteiger partial charge on any atom is 0.262 e. The fourth-order valence-corrected chi connectivity index (χ4v) is 4.67. The molecule has 0 saturated carbocycles. The van der Waals surface area contributed by atoms with Crippen molar-refractivity contribution in [3.8, 4) is 0 Å². The van der Waals surface area contributed by atoms with Crippen molar-refractivity contribution >= 4 is 38.2 Å². The molecule has 4 aromatic rings. The lowest BCUT2D eigenvalue weighted by Crippen LogP contribution is -2.16. The van der Waals surface area contributed by atoms with Gasteiger partial charge in [-0.15, -0.1) is 0 Å². The highest BCUT2D eigenvalue weighted by Crippen LogP contribution is 2.22. The number of hydrogen-bond acceptors (Lipinski definition) is 4. The smallest absolute Gasteiger partial charge is 0.262 e. The van der Waals surface area contributed by atoms with Crippen molar-refractivity contribution in [2.24, 2.45) is 0 Å². The van der Waals surface area contributed by atoms with Crippen molar-refractivity contribution in [2.45, 2.75) is 18.7 Å². The van der Waals surface area contributed by atoms with E-state index in [1.165, 1.54) is 6.07 Å². The van der Waals surface area contributed by atoms with Crippen LogP contribution in [-0.4, -0.2) is 19.3 Å². The van der Waals surface area contributed by atoms with Gasteiger partial charge < -0.3 is 5.32 Å². The highest BCUT2D eigenvalue weighted by molar-refractivity contribution is 7.92. The number of carbonyl (C=O) groups excluding carboxylic acids is 1. The molecule has 3 aromatic carbocycles. The van der Waals surface area contributed by atoms with Crippen LogP contribution < -0.4 is 10.0 Å². The number of benzene rings is 3. The van der Waals surface area contributed by atoms with Crippen LogP contribution >= 0.6 is 0 Å². The van der Waals surface area contributed by atoms with Gasteiger partial charge in [0.2, 0.25) is 0 Å². The number of sulfonamides is 1. The third-order valence-electron chi connectivity index (χ3n) is 4.87. The number of amides is 1. The molecule has 0 atom stereocenters. The highest BCUT2D eigenvalue weighted by atomic mass is 32.2. The number of nitrogens with zero attached hydrogens (tertiary/aromatic N) is 1. The summed E-state index contributed by atoms with van der Waals surface area (Å²) < 4.78 is 28.3. The van der Waals surface area contributed by atoms with Gasteiger partial charge in [0.15, 0.2) is 0 Å². The molecule has 1 heterocycles. The second-order valence-electron chi connectivity index (χ2n) is 7.32. The van der Waals surface area contributed by atoms with Gasteiger partial charge in [-0.3, -0.25) is 14.5 Å². The van der Waals surface area contributed by atoms with Gasteiger partial charge in [0.25, 0.3) is 15.9 Å². The van der Waals surface area contributed by atoms with Gasteiger partial charge in [-0.05, 0) is 73.5 Å². The van der Waals surface area contributed by atoms with E-state index < -0.39 is 10.0 Å². The van der Waals surface area contributed by atoms with E-state index in [0.717, 1.165) is 16.5 Å². The number of hydrogen-bond donors (Lipinski definition) is 2. The fourth-order valence-electron chi connectivity index (χ4n) is 3.29. The summed E-state index contributed by atoms with van der Waals surface area (Å²) in [5.41, 5.74) is 3.63. The third-order valence-corrected chi connectivity index (χ3v) is 6.39. The van der Waals surface area contributed by atoms with Gasteiger partial charge >= 0.3 is 0 Å². The van der Waals surface area contributed by atoms with Crippen molar-refractivity contribution in [2.75, 3.05) is 10.0 Å². The molecule has 0 aliphatic rings. The zero-order valence-electron chi connectivity index (χ0n) is 17.1. The van der Waals surface area contributed by atoms with Crippen molar-refractivity contribution < 1.29 is 13.2 Å². The highest BCUT2D eigenvalue weighted by Gasteiger charge is 2.18. The van der Waals surface area contributed by atoms with E-state index in [2.05, 4.69) is 15.0 Å².